The van der Waals surface area contributed by atoms with Gasteiger partial charge in [0.05, 0.1) is 28.2 Å². The van der Waals surface area contributed by atoms with Gasteiger partial charge in [-0.05, 0) is 69.1 Å². The van der Waals surface area contributed by atoms with Crippen LogP contribution in [0.3, 0.4) is 0 Å². The van der Waals surface area contributed by atoms with E-state index < -0.39 is 12.6 Å². The molecule has 2 heterocycles. The predicted molar refractivity (Wildman–Crippen MR) is 150 cm³/mol. The molecule has 0 unspecified atom stereocenters. The van der Waals surface area contributed by atoms with E-state index in [0.29, 0.717) is 49.1 Å². The van der Waals surface area contributed by atoms with Crippen LogP contribution in [-0.2, 0) is 4.79 Å². The van der Waals surface area contributed by atoms with Crippen molar-refractivity contribution >= 4 is 65.9 Å². The highest BCUT2D eigenvalue weighted by Crippen LogP contribution is 2.42. The summed E-state index contributed by atoms with van der Waals surface area (Å²) in [5.74, 6) is 0.0432. The second-order valence-electron chi connectivity index (χ2n) is 8.00. The first kappa shape index (κ1) is 25.7. The maximum atomic E-state index is 13.5. The lowest BCUT2D eigenvalue weighted by atomic mass is 10.2. The molecule has 0 saturated heterocycles. The molecule has 0 aliphatic heterocycles. The van der Waals surface area contributed by atoms with Crippen molar-refractivity contribution in [3.05, 3.63) is 85.5 Å². The second-order valence-corrected chi connectivity index (χ2v) is 9.59. The van der Waals surface area contributed by atoms with Crippen LogP contribution in [-0.4, -0.2) is 40.2 Å². The van der Waals surface area contributed by atoms with Gasteiger partial charge in [-0.3, -0.25) is 4.79 Å². The Hall–Kier alpha value is -3.96. The Labute approximate surface area is 232 Å². The Morgan fingerprint density at radius 2 is 1.87 bits per heavy atom. The summed E-state index contributed by atoms with van der Waals surface area (Å²) in [6.07, 6.45) is 1.47. The Balaban J connectivity index is 1.66. The molecule has 0 fully saturated rings. The molecule has 0 radical (unpaired) electrons. The minimum Gasteiger partial charge on any atom is -0.490 e. The first-order valence-electron chi connectivity index (χ1n) is 11.4. The molecule has 0 amide bonds. The molecule has 192 valence electrons. The zero-order valence-electron chi connectivity index (χ0n) is 19.9. The number of carbonyl (C=O) groups is 1. The maximum absolute atomic E-state index is 13.5. The Bertz CT molecular complexity index is 1740. The van der Waals surface area contributed by atoms with Gasteiger partial charge in [0.25, 0.3) is 5.56 Å². The number of fused-ring (bicyclic) bond motifs is 2. The SMILES string of the molecule is CCOc1cc(C=Nn2c(-c3cc4ccccc4o3)nc3ccccc3c2=O)c(Br)c(Br)c1OCC(=O)O. The molecule has 2 aromatic heterocycles. The molecular formula is C27H19Br2N3O6. The molecule has 0 aliphatic carbocycles. The van der Waals surface area contributed by atoms with E-state index in [1.54, 1.807) is 31.2 Å². The number of aliphatic carboxylic acids is 1. The van der Waals surface area contributed by atoms with E-state index in [-0.39, 0.29) is 17.1 Å². The van der Waals surface area contributed by atoms with Crippen molar-refractivity contribution < 1.29 is 23.8 Å². The van der Waals surface area contributed by atoms with Crippen molar-refractivity contribution in [2.75, 3.05) is 13.2 Å². The van der Waals surface area contributed by atoms with Gasteiger partial charge in [0.1, 0.15) is 5.58 Å². The lowest BCUT2D eigenvalue weighted by Gasteiger charge is -2.15. The number of benzene rings is 3. The number of carboxylic acid groups (broad SMARTS) is 1. The van der Waals surface area contributed by atoms with Crippen LogP contribution in [0.25, 0.3) is 33.5 Å². The molecule has 1 N–H and O–H groups in total. The van der Waals surface area contributed by atoms with E-state index in [2.05, 4.69) is 41.9 Å². The van der Waals surface area contributed by atoms with E-state index in [1.165, 1.54) is 10.9 Å². The van der Waals surface area contributed by atoms with E-state index in [1.807, 2.05) is 36.4 Å². The Morgan fingerprint density at radius 1 is 1.11 bits per heavy atom. The van der Waals surface area contributed by atoms with Crippen LogP contribution >= 0.6 is 31.9 Å². The van der Waals surface area contributed by atoms with Gasteiger partial charge in [0.15, 0.2) is 23.9 Å². The number of hydrogen-bond acceptors (Lipinski definition) is 7. The van der Waals surface area contributed by atoms with E-state index in [4.69, 9.17) is 19.0 Å². The van der Waals surface area contributed by atoms with Crippen molar-refractivity contribution in [2.45, 2.75) is 6.92 Å². The molecule has 11 heteroatoms. The fourth-order valence-electron chi connectivity index (χ4n) is 3.83. The summed E-state index contributed by atoms with van der Waals surface area (Å²) in [6.45, 7) is 1.57. The first-order valence-corrected chi connectivity index (χ1v) is 13.0. The van der Waals surface area contributed by atoms with Crippen molar-refractivity contribution in [3.63, 3.8) is 0 Å². The van der Waals surface area contributed by atoms with Crippen LogP contribution < -0.4 is 15.0 Å². The first-order chi connectivity index (χ1) is 18.4. The fraction of sp³-hybridized carbons (Fsp3) is 0.111. The molecular weight excluding hydrogens is 622 g/mol. The monoisotopic (exact) mass is 639 g/mol. The molecule has 3 aromatic carbocycles. The van der Waals surface area contributed by atoms with Gasteiger partial charge in [-0.25, -0.2) is 9.78 Å². The summed E-state index contributed by atoms with van der Waals surface area (Å²) < 4.78 is 19.3. The van der Waals surface area contributed by atoms with E-state index >= 15 is 0 Å². The molecule has 0 atom stereocenters. The standard InChI is InChI=1S/C27H19Br2N3O6/c1-2-36-20-12-16(23(28)24(29)25(20)37-14-22(33)34)13-30-32-26(21-11-15-7-3-6-10-19(15)38-21)31-18-9-5-4-8-17(18)27(32)35/h3-13H,2,14H2,1H3,(H,33,34). The number of halogens is 2. The van der Waals surface area contributed by atoms with Crippen molar-refractivity contribution in [2.24, 2.45) is 5.10 Å². The largest absolute Gasteiger partial charge is 0.490 e. The topological polar surface area (TPSA) is 116 Å². The van der Waals surface area contributed by atoms with E-state index in [9.17, 15) is 9.59 Å². The summed E-state index contributed by atoms with van der Waals surface area (Å²) in [4.78, 5) is 29.3. The number of nitrogens with zero attached hydrogens (tertiary/aromatic N) is 3. The summed E-state index contributed by atoms with van der Waals surface area (Å²) in [6, 6.07) is 18.0. The minimum atomic E-state index is -1.12. The number of aromatic nitrogens is 2. The number of ether oxygens (including phenoxy) is 2. The molecule has 0 saturated carbocycles. The van der Waals surface area contributed by atoms with Gasteiger partial charge in [0.2, 0.25) is 5.82 Å². The van der Waals surface area contributed by atoms with Crippen LogP contribution in [0.1, 0.15) is 12.5 Å². The summed E-state index contributed by atoms with van der Waals surface area (Å²) in [5.41, 5.74) is 1.34. The molecule has 5 rings (SSSR count). The minimum absolute atomic E-state index is 0.228. The molecule has 0 spiro atoms. The lowest BCUT2D eigenvalue weighted by molar-refractivity contribution is -0.139. The van der Waals surface area contributed by atoms with Crippen molar-refractivity contribution in [1.82, 2.24) is 9.66 Å². The third-order valence-corrected chi connectivity index (χ3v) is 7.65. The third kappa shape index (κ3) is 4.94. The van der Waals surface area contributed by atoms with Crippen LogP contribution in [0.4, 0.5) is 0 Å². The zero-order valence-corrected chi connectivity index (χ0v) is 23.0. The van der Waals surface area contributed by atoms with Gasteiger partial charge >= 0.3 is 5.97 Å². The molecule has 9 nitrogen and oxygen atoms in total. The highest BCUT2D eigenvalue weighted by atomic mass is 79.9. The number of rotatable bonds is 8. The zero-order chi connectivity index (χ0) is 26.8. The molecule has 5 aromatic rings. The summed E-state index contributed by atoms with van der Waals surface area (Å²) in [5, 5.41) is 14.8. The Kier molecular flexibility index (Phi) is 7.30. The Morgan fingerprint density at radius 3 is 2.63 bits per heavy atom. The van der Waals surface area contributed by atoms with Crippen LogP contribution in [0, 0.1) is 0 Å². The van der Waals surface area contributed by atoms with Gasteiger partial charge in [-0.2, -0.15) is 9.78 Å². The molecule has 0 aliphatic rings. The highest BCUT2D eigenvalue weighted by Gasteiger charge is 2.19. The second kappa shape index (κ2) is 10.8. The molecule has 38 heavy (non-hydrogen) atoms. The van der Waals surface area contributed by atoms with E-state index in [0.717, 1.165) is 5.39 Å². The fourth-order valence-corrected chi connectivity index (χ4v) is 4.77. The number of furan rings is 1. The average molecular weight is 641 g/mol. The lowest BCUT2D eigenvalue weighted by Crippen LogP contribution is -2.20. The van der Waals surface area contributed by atoms with Crippen molar-refractivity contribution in [1.29, 1.82) is 0 Å². The third-order valence-electron chi connectivity index (χ3n) is 5.51. The van der Waals surface area contributed by atoms with Gasteiger partial charge < -0.3 is 19.0 Å². The normalized spacial score (nSPS) is 11.4. The average Bonchev–Trinajstić information content (AvgIpc) is 3.34. The van der Waals surface area contributed by atoms with Crippen LogP contribution in [0.5, 0.6) is 11.5 Å². The van der Waals surface area contributed by atoms with Gasteiger partial charge in [-0.15, -0.1) is 0 Å². The smallest absolute Gasteiger partial charge is 0.341 e. The number of carboxylic acids is 1. The highest BCUT2D eigenvalue weighted by molar-refractivity contribution is 9.13. The van der Waals surface area contributed by atoms with Gasteiger partial charge in [0, 0.05) is 15.4 Å². The van der Waals surface area contributed by atoms with Crippen molar-refractivity contribution in [3.8, 4) is 23.1 Å². The maximum Gasteiger partial charge on any atom is 0.341 e. The van der Waals surface area contributed by atoms with Crippen LogP contribution in [0.15, 0.2) is 83.9 Å². The number of hydrogen-bond donors (Lipinski definition) is 1. The number of para-hydroxylation sites is 2. The quantitative estimate of drug-likeness (QED) is 0.204. The predicted octanol–water partition coefficient (Wildman–Crippen LogP) is 6.08. The van der Waals surface area contributed by atoms with Gasteiger partial charge in [-0.1, -0.05) is 30.3 Å². The summed E-state index contributed by atoms with van der Waals surface area (Å²) in [7, 11) is 0. The van der Waals surface area contributed by atoms with Crippen LogP contribution in [0.2, 0.25) is 0 Å². The molecule has 0 bridgehead atoms. The summed E-state index contributed by atoms with van der Waals surface area (Å²) >= 11 is 6.94.